The Morgan fingerprint density at radius 1 is 1.24 bits per heavy atom. The van der Waals surface area contributed by atoms with E-state index in [1.807, 2.05) is 11.8 Å². The summed E-state index contributed by atoms with van der Waals surface area (Å²) < 4.78 is 5.31. The van der Waals surface area contributed by atoms with Crippen LogP contribution in [0, 0.1) is 13.8 Å². The van der Waals surface area contributed by atoms with E-state index >= 15 is 0 Å². The van der Waals surface area contributed by atoms with Gasteiger partial charge in [0.05, 0.1) is 7.11 Å². The van der Waals surface area contributed by atoms with Gasteiger partial charge in [-0.05, 0) is 41.9 Å². The third-order valence-electron chi connectivity index (χ3n) is 2.79. The molecule has 0 aliphatic rings. The predicted molar refractivity (Wildman–Crippen MR) is 77.0 cm³/mol. The first kappa shape index (κ1) is 14.4. The fourth-order valence-electron chi connectivity index (χ4n) is 1.82. The van der Waals surface area contributed by atoms with Gasteiger partial charge in [-0.25, -0.2) is 0 Å². The van der Waals surface area contributed by atoms with Crippen LogP contribution in [0.15, 0.2) is 12.1 Å². The maximum Gasteiger partial charge on any atom is 0.122 e. The summed E-state index contributed by atoms with van der Waals surface area (Å²) >= 11 is 1.90. The van der Waals surface area contributed by atoms with Crippen molar-refractivity contribution in [3.05, 3.63) is 28.8 Å². The number of ether oxygens (including phenoxy) is 1. The molecule has 0 amide bonds. The van der Waals surface area contributed by atoms with Crippen LogP contribution in [0.5, 0.6) is 5.75 Å². The molecule has 0 fully saturated rings. The highest BCUT2D eigenvalue weighted by atomic mass is 32.2. The molecule has 2 nitrogen and oxygen atoms in total. The Bertz CT molecular complexity index is 377. The van der Waals surface area contributed by atoms with Crippen LogP contribution in [0.25, 0.3) is 0 Å². The molecule has 17 heavy (non-hydrogen) atoms. The van der Waals surface area contributed by atoms with E-state index in [4.69, 9.17) is 10.5 Å². The van der Waals surface area contributed by atoms with Crippen LogP contribution in [0.1, 0.15) is 36.6 Å². The molecule has 1 aromatic rings. The van der Waals surface area contributed by atoms with Crippen molar-refractivity contribution in [1.82, 2.24) is 0 Å². The van der Waals surface area contributed by atoms with E-state index in [0.29, 0.717) is 5.25 Å². The summed E-state index contributed by atoms with van der Waals surface area (Å²) in [4.78, 5) is 0. The maximum absolute atomic E-state index is 6.24. The van der Waals surface area contributed by atoms with Gasteiger partial charge in [0.2, 0.25) is 0 Å². The topological polar surface area (TPSA) is 35.2 Å². The highest BCUT2D eigenvalue weighted by Gasteiger charge is 2.12. The predicted octanol–water partition coefficient (Wildman–Crippen LogP) is 3.45. The Morgan fingerprint density at radius 3 is 2.41 bits per heavy atom. The number of rotatable bonds is 5. The number of thioether (sulfide) groups is 1. The van der Waals surface area contributed by atoms with E-state index in [0.717, 1.165) is 17.1 Å². The standard InChI is InChI=1S/C14H23NOS/c1-9(2)17-8-13(15)12-6-11(4)14(16-5)7-10(12)3/h6-7,9,13H,8,15H2,1-5H3. The van der Waals surface area contributed by atoms with Crippen LogP contribution in [-0.2, 0) is 0 Å². The lowest BCUT2D eigenvalue weighted by molar-refractivity contribution is 0.411. The number of hydrogen-bond donors (Lipinski definition) is 1. The fourth-order valence-corrected chi connectivity index (χ4v) is 2.59. The molecule has 0 saturated heterocycles. The highest BCUT2D eigenvalue weighted by molar-refractivity contribution is 7.99. The molecule has 3 heteroatoms. The molecule has 0 spiro atoms. The summed E-state index contributed by atoms with van der Waals surface area (Å²) in [7, 11) is 1.70. The quantitative estimate of drug-likeness (QED) is 0.873. The first-order valence-electron chi connectivity index (χ1n) is 5.98. The molecule has 96 valence electrons. The normalized spacial score (nSPS) is 12.9. The molecule has 0 aromatic heterocycles. The lowest BCUT2D eigenvalue weighted by Gasteiger charge is -2.18. The summed E-state index contributed by atoms with van der Waals surface area (Å²) in [5.41, 5.74) is 9.84. The number of nitrogens with two attached hydrogens (primary N) is 1. The summed E-state index contributed by atoms with van der Waals surface area (Å²) in [5.74, 6) is 1.90. The van der Waals surface area contributed by atoms with E-state index in [1.165, 1.54) is 11.1 Å². The first-order valence-corrected chi connectivity index (χ1v) is 7.03. The molecule has 0 bridgehead atoms. The molecule has 0 aliphatic carbocycles. The van der Waals surface area contributed by atoms with Crippen LogP contribution >= 0.6 is 11.8 Å². The molecular formula is C14H23NOS. The zero-order valence-corrected chi connectivity index (χ0v) is 12.2. The first-order chi connectivity index (χ1) is 7.95. The van der Waals surface area contributed by atoms with E-state index in [1.54, 1.807) is 7.11 Å². The molecular weight excluding hydrogens is 230 g/mol. The minimum atomic E-state index is 0.104. The van der Waals surface area contributed by atoms with Crippen molar-refractivity contribution in [3.8, 4) is 5.75 Å². The van der Waals surface area contributed by atoms with Crippen molar-refractivity contribution in [3.63, 3.8) is 0 Å². The molecule has 0 heterocycles. The minimum Gasteiger partial charge on any atom is -0.496 e. The van der Waals surface area contributed by atoms with Crippen molar-refractivity contribution in [2.75, 3.05) is 12.9 Å². The van der Waals surface area contributed by atoms with Crippen LogP contribution in [-0.4, -0.2) is 18.1 Å². The van der Waals surface area contributed by atoms with Gasteiger partial charge in [-0.15, -0.1) is 0 Å². The van der Waals surface area contributed by atoms with E-state index in [-0.39, 0.29) is 6.04 Å². The van der Waals surface area contributed by atoms with Crippen LogP contribution in [0.4, 0.5) is 0 Å². The summed E-state index contributed by atoms with van der Waals surface area (Å²) in [6, 6.07) is 4.33. The van der Waals surface area contributed by atoms with Crippen molar-refractivity contribution in [1.29, 1.82) is 0 Å². The summed E-state index contributed by atoms with van der Waals surface area (Å²) in [6.07, 6.45) is 0. The lowest BCUT2D eigenvalue weighted by Crippen LogP contribution is -2.16. The van der Waals surface area contributed by atoms with Crippen molar-refractivity contribution in [2.45, 2.75) is 39.0 Å². The zero-order valence-electron chi connectivity index (χ0n) is 11.4. The molecule has 0 saturated carbocycles. The van der Waals surface area contributed by atoms with Crippen LogP contribution in [0.3, 0.4) is 0 Å². The second-order valence-corrected chi connectivity index (χ2v) is 6.28. The average Bonchev–Trinajstić information content (AvgIpc) is 2.28. The Morgan fingerprint density at radius 2 is 1.88 bits per heavy atom. The third kappa shape index (κ3) is 3.93. The van der Waals surface area contributed by atoms with Gasteiger partial charge in [-0.3, -0.25) is 0 Å². The van der Waals surface area contributed by atoms with Gasteiger partial charge in [0.15, 0.2) is 0 Å². The van der Waals surface area contributed by atoms with Gasteiger partial charge in [0, 0.05) is 11.8 Å². The van der Waals surface area contributed by atoms with Crippen LogP contribution in [0.2, 0.25) is 0 Å². The number of aryl methyl sites for hydroxylation is 2. The Labute approximate surface area is 109 Å². The van der Waals surface area contributed by atoms with Gasteiger partial charge < -0.3 is 10.5 Å². The van der Waals surface area contributed by atoms with Gasteiger partial charge in [0.1, 0.15) is 5.75 Å². The molecule has 1 unspecified atom stereocenters. The highest BCUT2D eigenvalue weighted by Crippen LogP contribution is 2.27. The Balaban J connectivity index is 2.86. The average molecular weight is 253 g/mol. The summed E-state index contributed by atoms with van der Waals surface area (Å²) in [6.45, 7) is 8.55. The smallest absolute Gasteiger partial charge is 0.122 e. The molecule has 1 aromatic carbocycles. The molecule has 0 radical (unpaired) electrons. The monoisotopic (exact) mass is 253 g/mol. The number of hydrogen-bond acceptors (Lipinski definition) is 3. The van der Waals surface area contributed by atoms with E-state index in [9.17, 15) is 0 Å². The van der Waals surface area contributed by atoms with Crippen LogP contribution < -0.4 is 10.5 Å². The van der Waals surface area contributed by atoms with Crippen molar-refractivity contribution < 1.29 is 4.74 Å². The zero-order chi connectivity index (χ0) is 13.0. The van der Waals surface area contributed by atoms with Gasteiger partial charge >= 0.3 is 0 Å². The molecule has 2 N–H and O–H groups in total. The molecule has 1 rings (SSSR count). The van der Waals surface area contributed by atoms with Gasteiger partial charge in [0.25, 0.3) is 0 Å². The largest absolute Gasteiger partial charge is 0.496 e. The Hall–Kier alpha value is -0.670. The summed E-state index contributed by atoms with van der Waals surface area (Å²) in [5, 5.41) is 0.626. The number of methoxy groups -OCH3 is 1. The van der Waals surface area contributed by atoms with Gasteiger partial charge in [-0.1, -0.05) is 19.9 Å². The number of benzene rings is 1. The third-order valence-corrected chi connectivity index (χ3v) is 4.01. The lowest BCUT2D eigenvalue weighted by atomic mass is 10.00. The van der Waals surface area contributed by atoms with Crippen molar-refractivity contribution in [2.24, 2.45) is 5.73 Å². The molecule has 1 atom stereocenters. The van der Waals surface area contributed by atoms with E-state index < -0.39 is 0 Å². The second-order valence-electron chi connectivity index (χ2n) is 4.67. The second kappa shape index (κ2) is 6.31. The van der Waals surface area contributed by atoms with Crippen molar-refractivity contribution >= 4 is 11.8 Å². The fraction of sp³-hybridized carbons (Fsp3) is 0.571. The maximum atomic E-state index is 6.24. The van der Waals surface area contributed by atoms with E-state index in [2.05, 4.69) is 39.8 Å². The molecule has 0 aliphatic heterocycles. The van der Waals surface area contributed by atoms with Gasteiger partial charge in [-0.2, -0.15) is 11.8 Å². The SMILES string of the molecule is COc1cc(C)c(C(N)CSC(C)C)cc1C. The Kier molecular flexibility index (Phi) is 5.34. The minimum absolute atomic E-state index is 0.104.